The van der Waals surface area contributed by atoms with Crippen molar-refractivity contribution in [2.75, 3.05) is 14.2 Å². The van der Waals surface area contributed by atoms with Crippen LogP contribution in [0.3, 0.4) is 0 Å². The number of rotatable bonds is 6. The fourth-order valence-corrected chi connectivity index (χ4v) is 5.80. The molecule has 0 atom stereocenters. The Labute approximate surface area is 161 Å². The number of benzene rings is 2. The standard InChI is InChI=1S/C22H33BO2Si/c1-15-10-19(24-5)11-16(2)21(15)23(14-26(7,8)9)22-17(3)12-20(25-6)13-18(22)4/h10-13H,14H2,1-9H3. The van der Waals surface area contributed by atoms with Crippen LogP contribution in [0.5, 0.6) is 11.5 Å². The number of ether oxygens (including phenoxy) is 2. The lowest BCUT2D eigenvalue weighted by Gasteiger charge is -2.28. The van der Waals surface area contributed by atoms with Crippen LogP contribution >= 0.6 is 0 Å². The minimum Gasteiger partial charge on any atom is -0.497 e. The molecule has 2 aromatic carbocycles. The summed E-state index contributed by atoms with van der Waals surface area (Å²) < 4.78 is 11.0. The van der Waals surface area contributed by atoms with Gasteiger partial charge >= 0.3 is 0 Å². The minimum absolute atomic E-state index is 0.415. The summed E-state index contributed by atoms with van der Waals surface area (Å²) >= 11 is 0. The molecule has 0 bridgehead atoms. The van der Waals surface area contributed by atoms with Gasteiger partial charge in [-0.1, -0.05) is 58.8 Å². The van der Waals surface area contributed by atoms with Crippen LogP contribution in [0, 0.1) is 27.7 Å². The Morgan fingerprint density at radius 1 is 0.692 bits per heavy atom. The van der Waals surface area contributed by atoms with Crippen LogP contribution in [-0.2, 0) is 0 Å². The molecule has 140 valence electrons. The van der Waals surface area contributed by atoms with Crippen LogP contribution in [-0.4, -0.2) is 29.0 Å². The topological polar surface area (TPSA) is 18.5 Å². The molecule has 2 aromatic rings. The van der Waals surface area contributed by atoms with E-state index >= 15 is 0 Å². The summed E-state index contributed by atoms with van der Waals surface area (Å²) in [5, 5.41) is 0. The van der Waals surface area contributed by atoms with E-state index in [1.807, 2.05) is 0 Å². The Hall–Kier alpha value is -1.68. The third-order valence-electron chi connectivity index (χ3n) is 5.12. The molecule has 0 N–H and O–H groups in total. The van der Waals surface area contributed by atoms with Crippen molar-refractivity contribution in [1.29, 1.82) is 0 Å². The monoisotopic (exact) mass is 368 g/mol. The predicted molar refractivity (Wildman–Crippen MR) is 118 cm³/mol. The fraction of sp³-hybridized carbons (Fsp3) is 0.455. The molecule has 0 aliphatic rings. The molecule has 2 nitrogen and oxygen atoms in total. The van der Waals surface area contributed by atoms with E-state index in [-0.39, 0.29) is 0 Å². The molecule has 0 aromatic heterocycles. The number of hydrogen-bond acceptors (Lipinski definition) is 2. The zero-order valence-corrected chi connectivity index (χ0v) is 18.9. The minimum atomic E-state index is -1.28. The van der Waals surface area contributed by atoms with Gasteiger partial charge < -0.3 is 9.47 Å². The summed E-state index contributed by atoms with van der Waals surface area (Å²) in [5.74, 6) is 3.12. The van der Waals surface area contributed by atoms with E-state index in [4.69, 9.17) is 9.47 Å². The van der Waals surface area contributed by atoms with Crippen molar-refractivity contribution in [1.82, 2.24) is 0 Å². The van der Waals surface area contributed by atoms with Gasteiger partial charge in [-0.05, 0) is 52.0 Å². The lowest BCUT2D eigenvalue weighted by atomic mass is 9.39. The molecule has 0 saturated heterocycles. The quantitative estimate of drug-likeness (QED) is 0.703. The van der Waals surface area contributed by atoms with Crippen molar-refractivity contribution in [3.05, 3.63) is 46.5 Å². The van der Waals surface area contributed by atoms with Gasteiger partial charge in [0.05, 0.1) is 14.2 Å². The first kappa shape index (κ1) is 20.6. The third-order valence-corrected chi connectivity index (χ3v) is 6.75. The van der Waals surface area contributed by atoms with Gasteiger partial charge in [0, 0.05) is 8.07 Å². The fourth-order valence-electron chi connectivity index (χ4n) is 4.17. The molecule has 26 heavy (non-hydrogen) atoms. The summed E-state index contributed by atoms with van der Waals surface area (Å²) in [5.41, 5.74) is 8.20. The Balaban J connectivity index is 2.71. The molecule has 4 heteroatoms. The summed E-state index contributed by atoms with van der Waals surface area (Å²) in [7, 11) is 2.20. The number of methoxy groups -OCH3 is 2. The van der Waals surface area contributed by atoms with Crippen molar-refractivity contribution < 1.29 is 9.47 Å². The van der Waals surface area contributed by atoms with Crippen LogP contribution in [0.4, 0.5) is 0 Å². The Morgan fingerprint density at radius 2 is 1.00 bits per heavy atom. The largest absolute Gasteiger partial charge is 0.497 e. The van der Waals surface area contributed by atoms with Crippen LogP contribution in [0.1, 0.15) is 22.3 Å². The highest BCUT2D eigenvalue weighted by atomic mass is 28.3. The first-order valence-electron chi connectivity index (χ1n) is 9.37. The van der Waals surface area contributed by atoms with Crippen molar-refractivity contribution in [2.24, 2.45) is 0 Å². The molecule has 0 amide bonds. The van der Waals surface area contributed by atoms with Gasteiger partial charge in [-0.3, -0.25) is 0 Å². The molecular weight excluding hydrogens is 335 g/mol. The third kappa shape index (κ3) is 4.53. The Kier molecular flexibility index (Phi) is 6.28. The summed E-state index contributed by atoms with van der Waals surface area (Å²) in [4.78, 5) is 0. The van der Waals surface area contributed by atoms with E-state index in [1.165, 1.54) is 39.1 Å². The SMILES string of the molecule is COc1cc(C)c(B(C[Si](C)(C)C)c2c(C)cc(OC)cc2C)c(C)c1. The van der Waals surface area contributed by atoms with Gasteiger partial charge in [0.15, 0.2) is 0 Å². The van der Waals surface area contributed by atoms with Gasteiger partial charge in [0.1, 0.15) is 11.5 Å². The smallest absolute Gasteiger partial charge is 0.208 e. The van der Waals surface area contributed by atoms with E-state index in [9.17, 15) is 0 Å². The maximum atomic E-state index is 5.49. The first-order valence-corrected chi connectivity index (χ1v) is 13.1. The second-order valence-corrected chi connectivity index (χ2v) is 14.2. The summed E-state index contributed by atoms with van der Waals surface area (Å²) in [6, 6.07) is 8.70. The second-order valence-electron chi connectivity index (χ2n) is 8.67. The van der Waals surface area contributed by atoms with Crippen LogP contribution < -0.4 is 20.4 Å². The molecule has 0 heterocycles. The zero-order chi connectivity index (χ0) is 19.6. The summed E-state index contributed by atoms with van der Waals surface area (Å²) in [6.07, 6.45) is 0. The molecule has 0 saturated carbocycles. The van der Waals surface area contributed by atoms with Crippen LogP contribution in [0.25, 0.3) is 0 Å². The Morgan fingerprint density at radius 3 is 1.23 bits per heavy atom. The predicted octanol–water partition coefficient (Wildman–Crippen LogP) is 4.42. The maximum Gasteiger partial charge on any atom is 0.208 e. The summed E-state index contributed by atoms with van der Waals surface area (Å²) in [6.45, 7) is 16.7. The highest BCUT2D eigenvalue weighted by Gasteiger charge is 2.31. The number of aryl methyl sites for hydroxylation is 4. The lowest BCUT2D eigenvalue weighted by Crippen LogP contribution is -2.51. The van der Waals surface area contributed by atoms with Crippen molar-refractivity contribution in [3.63, 3.8) is 0 Å². The lowest BCUT2D eigenvalue weighted by molar-refractivity contribution is 0.414. The van der Waals surface area contributed by atoms with E-state index in [1.54, 1.807) is 14.2 Å². The van der Waals surface area contributed by atoms with Gasteiger partial charge in [-0.2, -0.15) is 0 Å². The molecule has 0 aliphatic heterocycles. The maximum absolute atomic E-state index is 5.49. The van der Waals surface area contributed by atoms with Crippen LogP contribution in [0.15, 0.2) is 24.3 Å². The van der Waals surface area contributed by atoms with Gasteiger partial charge in [-0.15, -0.1) is 0 Å². The first-order chi connectivity index (χ1) is 12.1. The second kappa shape index (κ2) is 7.91. The van der Waals surface area contributed by atoms with Gasteiger partial charge in [-0.25, -0.2) is 0 Å². The van der Waals surface area contributed by atoms with Crippen molar-refractivity contribution in [3.8, 4) is 11.5 Å². The van der Waals surface area contributed by atoms with Gasteiger partial charge in [0.2, 0.25) is 6.71 Å². The Bertz CT molecular complexity index is 688. The van der Waals surface area contributed by atoms with E-state index in [0.29, 0.717) is 6.71 Å². The highest BCUT2D eigenvalue weighted by Crippen LogP contribution is 2.22. The van der Waals surface area contributed by atoms with Gasteiger partial charge in [0.25, 0.3) is 0 Å². The molecule has 0 aliphatic carbocycles. The van der Waals surface area contributed by atoms with E-state index < -0.39 is 8.07 Å². The van der Waals surface area contributed by atoms with E-state index in [0.717, 1.165) is 11.5 Å². The molecule has 0 fully saturated rings. The molecule has 0 spiro atoms. The molecule has 0 unspecified atom stereocenters. The molecule has 0 radical (unpaired) electrons. The van der Waals surface area contributed by atoms with Crippen molar-refractivity contribution in [2.45, 2.75) is 53.3 Å². The molecular formula is C22H33BO2Si. The average Bonchev–Trinajstić information content (AvgIpc) is 2.51. The van der Waals surface area contributed by atoms with Crippen LogP contribution in [0.2, 0.25) is 25.6 Å². The van der Waals surface area contributed by atoms with E-state index in [2.05, 4.69) is 71.6 Å². The zero-order valence-electron chi connectivity index (χ0n) is 17.9. The highest BCUT2D eigenvalue weighted by molar-refractivity contribution is 6.98. The van der Waals surface area contributed by atoms with Crippen molar-refractivity contribution >= 4 is 25.7 Å². The normalized spacial score (nSPS) is 11.4. The average molecular weight is 368 g/mol. The molecule has 2 rings (SSSR count). The number of hydrogen-bond donors (Lipinski definition) is 0.